The zero-order valence-electron chi connectivity index (χ0n) is 13.9. The molecule has 1 atom stereocenters. The van der Waals surface area contributed by atoms with Crippen molar-refractivity contribution in [1.82, 2.24) is 19.0 Å². The first-order valence-electron chi connectivity index (χ1n) is 8.04. The third-order valence-electron chi connectivity index (χ3n) is 4.30. The molecule has 0 saturated carbocycles. The average Bonchev–Trinajstić information content (AvgIpc) is 2.95. The van der Waals surface area contributed by atoms with E-state index >= 15 is 0 Å². The fourth-order valence-electron chi connectivity index (χ4n) is 3.06. The van der Waals surface area contributed by atoms with Crippen molar-refractivity contribution < 1.29 is 13.2 Å². The topological polar surface area (TPSA) is 83.8 Å². The van der Waals surface area contributed by atoms with E-state index in [1.807, 2.05) is 29.7 Å². The lowest BCUT2D eigenvalue weighted by Crippen LogP contribution is -2.49. The Morgan fingerprint density at radius 2 is 2.21 bits per heavy atom. The van der Waals surface area contributed by atoms with Crippen molar-refractivity contribution in [2.75, 3.05) is 19.3 Å². The summed E-state index contributed by atoms with van der Waals surface area (Å²) in [5, 5.41) is 0. The summed E-state index contributed by atoms with van der Waals surface area (Å²) in [6, 6.07) is 3.76. The molecule has 0 bridgehead atoms. The highest BCUT2D eigenvalue weighted by Gasteiger charge is 2.29. The fourth-order valence-corrected chi connectivity index (χ4v) is 3.56. The van der Waals surface area contributed by atoms with Crippen LogP contribution in [0.5, 0.6) is 0 Å². The largest absolute Gasteiger partial charge is 0.333 e. The molecule has 2 aromatic heterocycles. The van der Waals surface area contributed by atoms with Crippen LogP contribution in [0.2, 0.25) is 0 Å². The maximum Gasteiger partial charge on any atom is 0.274 e. The maximum absolute atomic E-state index is 12.9. The van der Waals surface area contributed by atoms with Crippen LogP contribution in [0.25, 0.3) is 5.65 Å². The van der Waals surface area contributed by atoms with E-state index in [1.54, 1.807) is 11.1 Å². The predicted octanol–water partition coefficient (Wildman–Crippen LogP) is 1.19. The number of nitrogens with zero attached hydrogens (tertiary/aromatic N) is 3. The molecule has 1 aliphatic heterocycles. The Morgan fingerprint density at radius 3 is 2.96 bits per heavy atom. The number of aromatic nitrogens is 2. The highest BCUT2D eigenvalue weighted by atomic mass is 32.2. The number of rotatable bonds is 4. The van der Waals surface area contributed by atoms with Gasteiger partial charge in [-0.3, -0.25) is 4.79 Å². The number of carbonyl (C=O) groups excluding carboxylic acids is 1. The normalized spacial score (nSPS) is 18.9. The smallest absolute Gasteiger partial charge is 0.274 e. The Kier molecular flexibility index (Phi) is 4.60. The third kappa shape index (κ3) is 3.76. The lowest BCUT2D eigenvalue weighted by molar-refractivity contribution is 0.0613. The molecule has 7 nitrogen and oxygen atoms in total. The minimum atomic E-state index is -3.27. The number of fused-ring (bicyclic) bond motifs is 1. The van der Waals surface area contributed by atoms with Crippen LogP contribution < -0.4 is 4.72 Å². The van der Waals surface area contributed by atoms with E-state index in [-0.39, 0.29) is 18.5 Å². The number of sulfonamides is 1. The first-order valence-corrected chi connectivity index (χ1v) is 9.93. The second-order valence-corrected chi connectivity index (χ2v) is 8.20. The molecule has 1 N–H and O–H groups in total. The van der Waals surface area contributed by atoms with Gasteiger partial charge in [0.25, 0.3) is 5.91 Å². The summed E-state index contributed by atoms with van der Waals surface area (Å²) in [5.41, 5.74) is 2.22. The van der Waals surface area contributed by atoms with Crippen LogP contribution >= 0.6 is 0 Å². The molecule has 3 rings (SSSR count). The van der Waals surface area contributed by atoms with Crippen molar-refractivity contribution in [3.63, 3.8) is 0 Å². The number of aryl methyl sites for hydroxylation is 1. The van der Waals surface area contributed by atoms with Gasteiger partial charge < -0.3 is 9.30 Å². The van der Waals surface area contributed by atoms with Gasteiger partial charge in [0.2, 0.25) is 10.0 Å². The second kappa shape index (κ2) is 6.52. The molecule has 1 amide bonds. The molecule has 0 aliphatic carbocycles. The number of imidazole rings is 1. The molecule has 1 unspecified atom stereocenters. The Balaban J connectivity index is 1.82. The van der Waals surface area contributed by atoms with Crippen molar-refractivity contribution in [3.8, 4) is 0 Å². The van der Waals surface area contributed by atoms with Crippen LogP contribution in [0, 0.1) is 6.92 Å². The van der Waals surface area contributed by atoms with E-state index in [0.29, 0.717) is 12.2 Å². The summed E-state index contributed by atoms with van der Waals surface area (Å²) in [6.45, 7) is 2.85. The standard InChI is InChI=1S/C16H22N4O3S/c1-12-6-8-19-11-14(18-15(19)9-12)16(21)20-7-4-3-5-13(20)10-17-24(2,22)23/h6,8-9,11,13,17H,3-5,7,10H2,1-2H3. The number of nitrogens with one attached hydrogen (secondary N) is 1. The average molecular weight is 350 g/mol. The van der Waals surface area contributed by atoms with Gasteiger partial charge in [0.1, 0.15) is 11.3 Å². The van der Waals surface area contributed by atoms with Crippen LogP contribution in [-0.2, 0) is 10.0 Å². The van der Waals surface area contributed by atoms with Gasteiger partial charge in [0.15, 0.2) is 0 Å². The van der Waals surface area contributed by atoms with Gasteiger partial charge in [-0.1, -0.05) is 0 Å². The molecule has 24 heavy (non-hydrogen) atoms. The number of carbonyl (C=O) groups is 1. The summed E-state index contributed by atoms with van der Waals surface area (Å²) < 4.78 is 27.0. The summed E-state index contributed by atoms with van der Waals surface area (Å²) in [6.07, 6.45) is 7.45. The van der Waals surface area contributed by atoms with Crippen LogP contribution in [0.3, 0.4) is 0 Å². The first-order chi connectivity index (χ1) is 11.3. The highest BCUT2D eigenvalue weighted by molar-refractivity contribution is 7.88. The number of piperidine rings is 1. The zero-order valence-corrected chi connectivity index (χ0v) is 14.7. The lowest BCUT2D eigenvalue weighted by Gasteiger charge is -2.35. The zero-order chi connectivity index (χ0) is 17.3. The van der Waals surface area contributed by atoms with E-state index in [9.17, 15) is 13.2 Å². The SMILES string of the molecule is Cc1ccn2cc(C(=O)N3CCCCC3CNS(C)(=O)=O)nc2c1. The van der Waals surface area contributed by atoms with Crippen LogP contribution in [0.1, 0.15) is 35.3 Å². The molecule has 0 spiro atoms. The summed E-state index contributed by atoms with van der Waals surface area (Å²) in [5.74, 6) is -0.142. The molecule has 2 aromatic rings. The van der Waals surface area contributed by atoms with Gasteiger partial charge in [0.05, 0.1) is 6.26 Å². The molecule has 1 fully saturated rings. The Bertz CT molecular complexity index is 859. The molecule has 1 aliphatic rings. The molecule has 0 radical (unpaired) electrons. The number of likely N-dealkylation sites (tertiary alicyclic amines) is 1. The molecule has 8 heteroatoms. The molecule has 130 valence electrons. The summed E-state index contributed by atoms with van der Waals surface area (Å²) in [7, 11) is -3.27. The molecular formula is C16H22N4O3S. The molecule has 1 saturated heterocycles. The predicted molar refractivity (Wildman–Crippen MR) is 91.5 cm³/mol. The van der Waals surface area contributed by atoms with E-state index in [4.69, 9.17) is 0 Å². The Morgan fingerprint density at radius 1 is 1.42 bits per heavy atom. The number of hydrogen-bond acceptors (Lipinski definition) is 4. The second-order valence-electron chi connectivity index (χ2n) is 6.36. The van der Waals surface area contributed by atoms with Gasteiger partial charge >= 0.3 is 0 Å². The lowest BCUT2D eigenvalue weighted by atomic mass is 10.0. The van der Waals surface area contributed by atoms with Gasteiger partial charge in [0, 0.05) is 31.5 Å². The van der Waals surface area contributed by atoms with Crippen molar-refractivity contribution in [2.45, 2.75) is 32.2 Å². The van der Waals surface area contributed by atoms with Crippen LogP contribution in [0.15, 0.2) is 24.5 Å². The van der Waals surface area contributed by atoms with Crippen molar-refractivity contribution in [1.29, 1.82) is 0 Å². The minimum Gasteiger partial charge on any atom is -0.333 e. The monoisotopic (exact) mass is 350 g/mol. The van der Waals surface area contributed by atoms with Crippen molar-refractivity contribution in [2.24, 2.45) is 0 Å². The van der Waals surface area contributed by atoms with E-state index in [0.717, 1.165) is 36.7 Å². The highest BCUT2D eigenvalue weighted by Crippen LogP contribution is 2.20. The minimum absolute atomic E-state index is 0.132. The van der Waals surface area contributed by atoms with E-state index < -0.39 is 10.0 Å². The van der Waals surface area contributed by atoms with Crippen molar-refractivity contribution in [3.05, 3.63) is 35.8 Å². The van der Waals surface area contributed by atoms with Crippen molar-refractivity contribution >= 4 is 21.6 Å². The number of hydrogen-bond donors (Lipinski definition) is 1. The quantitative estimate of drug-likeness (QED) is 0.898. The Labute approximate surface area is 141 Å². The number of amides is 1. The van der Waals surface area contributed by atoms with Gasteiger partial charge in [-0.05, 0) is 43.9 Å². The van der Waals surface area contributed by atoms with Gasteiger partial charge in [-0.25, -0.2) is 18.1 Å². The summed E-state index contributed by atoms with van der Waals surface area (Å²) in [4.78, 5) is 19.0. The van der Waals surface area contributed by atoms with E-state index in [1.165, 1.54) is 0 Å². The molecular weight excluding hydrogens is 328 g/mol. The fraction of sp³-hybridized carbons (Fsp3) is 0.500. The van der Waals surface area contributed by atoms with Crippen LogP contribution in [-0.4, -0.2) is 54.0 Å². The molecule has 0 aromatic carbocycles. The maximum atomic E-state index is 12.9. The third-order valence-corrected chi connectivity index (χ3v) is 5.00. The van der Waals surface area contributed by atoms with E-state index in [2.05, 4.69) is 9.71 Å². The van der Waals surface area contributed by atoms with Crippen LogP contribution in [0.4, 0.5) is 0 Å². The Hall–Kier alpha value is -1.93. The summed E-state index contributed by atoms with van der Waals surface area (Å²) >= 11 is 0. The van der Waals surface area contributed by atoms with Gasteiger partial charge in [-0.15, -0.1) is 0 Å². The number of pyridine rings is 1. The molecule has 3 heterocycles. The van der Waals surface area contributed by atoms with Gasteiger partial charge in [-0.2, -0.15) is 0 Å². The first kappa shape index (κ1) is 16.9.